The van der Waals surface area contributed by atoms with Crippen LogP contribution in [-0.4, -0.2) is 116 Å². The number of aliphatic hydroxyl groups is 7. The minimum Gasteiger partial charge on any atom is -0.454 e. The van der Waals surface area contributed by atoms with Crippen molar-refractivity contribution in [3.63, 3.8) is 0 Å². The summed E-state index contributed by atoms with van der Waals surface area (Å²) in [4.78, 5) is 4.00. The topological polar surface area (TPSA) is 194 Å². The van der Waals surface area contributed by atoms with Crippen LogP contribution in [-0.2, 0) is 14.2 Å². The fourth-order valence-electron chi connectivity index (χ4n) is 3.02. The van der Waals surface area contributed by atoms with E-state index in [0.717, 1.165) is 0 Å². The number of nitrogens with zero attached hydrogens (tertiary/aromatic N) is 1. The van der Waals surface area contributed by atoms with Crippen molar-refractivity contribution in [2.24, 2.45) is 4.99 Å². The van der Waals surface area contributed by atoms with Gasteiger partial charge < -0.3 is 55.3 Å². The largest absolute Gasteiger partial charge is 0.454 e. The number of nitrogens with one attached hydrogen (secondary N) is 1. The Labute approximate surface area is 141 Å². The second-order valence-electron chi connectivity index (χ2n) is 6.14. The van der Waals surface area contributed by atoms with Crippen LogP contribution in [0.2, 0.25) is 0 Å². The highest BCUT2D eigenvalue weighted by Crippen LogP contribution is 2.31. The smallest absolute Gasteiger partial charge is 0.289 e. The first-order valence-electron chi connectivity index (χ1n) is 7.81. The molecule has 2 saturated heterocycles. The Balaban J connectivity index is 1.63. The van der Waals surface area contributed by atoms with Crippen LogP contribution in [0.4, 0.5) is 0 Å². The van der Waals surface area contributed by atoms with Crippen LogP contribution in [0, 0.1) is 0 Å². The molecule has 0 radical (unpaired) electrons. The van der Waals surface area contributed by atoms with Crippen LogP contribution in [0.15, 0.2) is 4.99 Å². The highest BCUT2D eigenvalue weighted by Gasteiger charge is 2.52. The summed E-state index contributed by atoms with van der Waals surface area (Å²) in [5, 5.41) is 69.7. The lowest BCUT2D eigenvalue weighted by atomic mass is 9.98. The van der Waals surface area contributed by atoms with Crippen molar-refractivity contribution in [2.75, 3.05) is 13.2 Å². The van der Waals surface area contributed by atoms with Gasteiger partial charge in [0.2, 0.25) is 0 Å². The van der Waals surface area contributed by atoms with E-state index in [1.165, 1.54) is 0 Å². The minimum atomic E-state index is -1.56. The Bertz CT molecular complexity index is 505. The Morgan fingerprint density at radius 1 is 1.00 bits per heavy atom. The average molecular weight is 366 g/mol. The van der Waals surface area contributed by atoms with Gasteiger partial charge in [0.25, 0.3) is 6.02 Å². The minimum absolute atomic E-state index is 0.143. The number of aliphatic hydroxyl groups excluding tert-OH is 7. The Kier molecular flexibility index (Phi) is 5.43. The standard InChI is InChI=1S/C13H22N2O10/c16-1-3(18)9-8(22)10-12(24-9)15-13(25-10)14-11-7(21)6(20)5(19)4(2-17)23-11/h3-12,16-22H,1-2H2,(H,14,15)/t3-,4-,5-,6+,7-,8+,9-,10-,11+,12+/m1/s1. The maximum Gasteiger partial charge on any atom is 0.289 e. The van der Waals surface area contributed by atoms with E-state index in [1.54, 1.807) is 0 Å². The lowest BCUT2D eigenvalue weighted by Crippen LogP contribution is -2.63. The van der Waals surface area contributed by atoms with Gasteiger partial charge in [-0.25, -0.2) is 0 Å². The third-order valence-electron chi connectivity index (χ3n) is 4.47. The van der Waals surface area contributed by atoms with E-state index in [1.807, 2.05) is 0 Å². The molecule has 10 atom stereocenters. The molecule has 0 saturated carbocycles. The Morgan fingerprint density at radius 3 is 2.32 bits per heavy atom. The van der Waals surface area contributed by atoms with Crippen molar-refractivity contribution in [2.45, 2.75) is 61.3 Å². The summed E-state index contributed by atoms with van der Waals surface area (Å²) in [6.07, 6.45) is -12.4. The summed E-state index contributed by atoms with van der Waals surface area (Å²) >= 11 is 0. The van der Waals surface area contributed by atoms with Crippen molar-refractivity contribution in [1.29, 1.82) is 0 Å². The molecule has 0 aliphatic carbocycles. The van der Waals surface area contributed by atoms with Gasteiger partial charge in [-0.3, -0.25) is 0 Å². The van der Waals surface area contributed by atoms with Gasteiger partial charge >= 0.3 is 0 Å². The first-order chi connectivity index (χ1) is 11.9. The summed E-state index contributed by atoms with van der Waals surface area (Å²) < 4.78 is 16.0. The highest BCUT2D eigenvalue weighted by atomic mass is 16.6. The average Bonchev–Trinajstić information content (AvgIpc) is 3.13. The normalized spacial score (nSPS) is 47.8. The molecule has 8 N–H and O–H groups in total. The maximum atomic E-state index is 10.1. The van der Waals surface area contributed by atoms with E-state index in [9.17, 15) is 25.5 Å². The zero-order valence-electron chi connectivity index (χ0n) is 13.0. The Morgan fingerprint density at radius 2 is 1.72 bits per heavy atom. The first-order valence-corrected chi connectivity index (χ1v) is 7.81. The number of rotatable bonds is 4. The van der Waals surface area contributed by atoms with Crippen molar-refractivity contribution < 1.29 is 50.0 Å². The molecular formula is C13H22N2O10. The van der Waals surface area contributed by atoms with Gasteiger partial charge in [0.1, 0.15) is 42.7 Å². The van der Waals surface area contributed by atoms with Crippen LogP contribution in [0.3, 0.4) is 0 Å². The highest BCUT2D eigenvalue weighted by molar-refractivity contribution is 5.76. The predicted molar refractivity (Wildman–Crippen MR) is 77.0 cm³/mol. The number of hydrogen-bond donors (Lipinski definition) is 8. The molecule has 0 aromatic carbocycles. The molecule has 3 aliphatic rings. The van der Waals surface area contributed by atoms with Crippen molar-refractivity contribution in [3.8, 4) is 0 Å². The van der Waals surface area contributed by atoms with Crippen LogP contribution < -0.4 is 5.32 Å². The molecule has 0 amide bonds. The van der Waals surface area contributed by atoms with Gasteiger partial charge in [-0.05, 0) is 0 Å². The summed E-state index contributed by atoms with van der Waals surface area (Å²) in [5.41, 5.74) is 0. The van der Waals surface area contributed by atoms with Crippen molar-refractivity contribution >= 4 is 6.02 Å². The van der Waals surface area contributed by atoms with Gasteiger partial charge in [-0.1, -0.05) is 0 Å². The molecule has 3 aliphatic heterocycles. The third-order valence-corrected chi connectivity index (χ3v) is 4.47. The zero-order chi connectivity index (χ0) is 18.3. The molecule has 0 aromatic heterocycles. The quantitative estimate of drug-likeness (QED) is 0.237. The molecule has 0 aromatic rings. The molecule has 12 heteroatoms. The predicted octanol–water partition coefficient (Wildman–Crippen LogP) is -5.43. The monoisotopic (exact) mass is 366 g/mol. The number of ether oxygens (including phenoxy) is 3. The summed E-state index contributed by atoms with van der Waals surface area (Å²) in [6.45, 7) is -1.18. The summed E-state index contributed by atoms with van der Waals surface area (Å²) in [7, 11) is 0. The van der Waals surface area contributed by atoms with Crippen molar-refractivity contribution in [1.82, 2.24) is 5.32 Å². The van der Waals surface area contributed by atoms with E-state index in [2.05, 4.69) is 10.3 Å². The molecular weight excluding hydrogens is 344 g/mol. The van der Waals surface area contributed by atoms with E-state index in [0.29, 0.717) is 0 Å². The summed E-state index contributed by atoms with van der Waals surface area (Å²) in [6, 6.07) is -0.143. The van der Waals surface area contributed by atoms with E-state index >= 15 is 0 Å². The maximum absolute atomic E-state index is 10.1. The van der Waals surface area contributed by atoms with Gasteiger partial charge in [0, 0.05) is 0 Å². The number of fused-ring (bicyclic) bond motifs is 1. The molecule has 144 valence electrons. The van der Waals surface area contributed by atoms with E-state index in [4.69, 9.17) is 24.4 Å². The molecule has 0 bridgehead atoms. The van der Waals surface area contributed by atoms with Crippen LogP contribution in [0.25, 0.3) is 0 Å². The van der Waals surface area contributed by atoms with E-state index < -0.39 is 74.5 Å². The lowest BCUT2D eigenvalue weighted by Gasteiger charge is -2.40. The molecule has 3 rings (SSSR count). The number of amidine groups is 1. The van der Waals surface area contributed by atoms with Crippen LogP contribution in [0.1, 0.15) is 0 Å². The molecule has 0 unspecified atom stereocenters. The van der Waals surface area contributed by atoms with Gasteiger partial charge in [0.15, 0.2) is 18.6 Å². The van der Waals surface area contributed by atoms with Crippen LogP contribution >= 0.6 is 0 Å². The SMILES string of the molecule is OC[C@@H](O)[C@H]1O[C@@H]2N=C(N[C@H]3O[C@H](CO)[C@@H](O)[C@H](O)[C@H]3O)O[C@@H]2[C@H]1O. The first kappa shape index (κ1) is 18.7. The fourth-order valence-corrected chi connectivity index (χ4v) is 3.02. The van der Waals surface area contributed by atoms with E-state index in [-0.39, 0.29) is 6.02 Å². The Hall–Kier alpha value is -1.09. The second kappa shape index (κ2) is 7.26. The fraction of sp³-hybridized carbons (Fsp3) is 0.923. The second-order valence-corrected chi connectivity index (χ2v) is 6.14. The molecule has 2 fully saturated rings. The van der Waals surface area contributed by atoms with Gasteiger partial charge in [-0.15, -0.1) is 0 Å². The lowest BCUT2D eigenvalue weighted by molar-refractivity contribution is -0.233. The molecule has 0 spiro atoms. The zero-order valence-corrected chi connectivity index (χ0v) is 13.0. The van der Waals surface area contributed by atoms with Crippen molar-refractivity contribution in [3.05, 3.63) is 0 Å². The molecule has 3 heterocycles. The van der Waals surface area contributed by atoms with Crippen LogP contribution in [0.5, 0.6) is 0 Å². The third kappa shape index (κ3) is 3.32. The number of aliphatic imine (C=N–C) groups is 1. The summed E-state index contributed by atoms with van der Waals surface area (Å²) in [5.74, 6) is 0. The van der Waals surface area contributed by atoms with Gasteiger partial charge in [-0.2, -0.15) is 4.99 Å². The molecule has 12 nitrogen and oxygen atoms in total. The van der Waals surface area contributed by atoms with Gasteiger partial charge in [0.05, 0.1) is 13.2 Å². The molecule has 25 heavy (non-hydrogen) atoms. The number of hydrogen-bond acceptors (Lipinski definition) is 12.